The lowest BCUT2D eigenvalue weighted by Crippen LogP contribution is -2.47. The van der Waals surface area contributed by atoms with E-state index in [2.05, 4.69) is 4.37 Å². The van der Waals surface area contributed by atoms with Gasteiger partial charge in [-0.2, -0.15) is 4.37 Å². The normalized spacial score (nSPS) is 17.5. The minimum atomic E-state index is -0.837. The second kappa shape index (κ2) is 6.14. The summed E-state index contributed by atoms with van der Waals surface area (Å²) in [7, 11) is 0. The van der Waals surface area contributed by atoms with E-state index in [1.54, 1.807) is 28.5 Å². The van der Waals surface area contributed by atoms with Crippen LogP contribution >= 0.6 is 11.5 Å². The first-order chi connectivity index (χ1) is 10.6. The summed E-state index contributed by atoms with van der Waals surface area (Å²) in [4.78, 5) is 13.9. The molecular formula is C16H17FN2O2S. The molecule has 2 heterocycles. The molecule has 116 valence electrons. The lowest BCUT2D eigenvalue weighted by atomic mass is 9.85. The number of aliphatic hydroxyl groups is 1. The molecule has 1 aromatic heterocycles. The number of hydrogen-bond donors (Lipinski definition) is 1. The summed E-state index contributed by atoms with van der Waals surface area (Å²) in [5.74, 6) is -0.357. The first-order valence-corrected chi connectivity index (χ1v) is 8.06. The van der Waals surface area contributed by atoms with Gasteiger partial charge in [-0.3, -0.25) is 4.79 Å². The highest BCUT2D eigenvalue weighted by molar-refractivity contribution is 7.03. The van der Waals surface area contributed by atoms with Gasteiger partial charge in [0.05, 0.1) is 5.60 Å². The molecule has 1 fully saturated rings. The highest BCUT2D eigenvalue weighted by atomic mass is 32.1. The fraction of sp³-hybridized carbons (Fsp3) is 0.375. The predicted octanol–water partition coefficient (Wildman–Crippen LogP) is 2.49. The van der Waals surface area contributed by atoms with Crippen LogP contribution in [0.1, 0.15) is 28.9 Å². The third kappa shape index (κ3) is 3.34. The van der Waals surface area contributed by atoms with Crippen LogP contribution in [0.25, 0.3) is 0 Å². The number of carbonyl (C=O) groups is 1. The van der Waals surface area contributed by atoms with E-state index in [0.29, 0.717) is 38.0 Å². The van der Waals surface area contributed by atoms with Gasteiger partial charge >= 0.3 is 0 Å². The molecule has 0 saturated carbocycles. The van der Waals surface area contributed by atoms with Gasteiger partial charge in [-0.15, -0.1) is 0 Å². The van der Waals surface area contributed by atoms with Crippen molar-refractivity contribution in [2.45, 2.75) is 24.9 Å². The van der Waals surface area contributed by atoms with Crippen LogP contribution in [0.5, 0.6) is 0 Å². The Labute approximate surface area is 132 Å². The van der Waals surface area contributed by atoms with Crippen molar-refractivity contribution in [1.82, 2.24) is 9.27 Å². The fourth-order valence-corrected chi connectivity index (χ4v) is 3.27. The summed E-state index contributed by atoms with van der Waals surface area (Å²) in [6, 6.07) is 7.91. The van der Waals surface area contributed by atoms with Crippen molar-refractivity contribution in [3.8, 4) is 0 Å². The monoisotopic (exact) mass is 320 g/mol. The lowest BCUT2D eigenvalue weighted by molar-refractivity contribution is -0.0163. The molecule has 1 N–H and O–H groups in total. The number of carbonyl (C=O) groups excluding carboxylic acids is 1. The van der Waals surface area contributed by atoms with Gasteiger partial charge in [0.25, 0.3) is 5.91 Å². The van der Waals surface area contributed by atoms with Crippen molar-refractivity contribution in [1.29, 1.82) is 0 Å². The Morgan fingerprint density at radius 3 is 2.55 bits per heavy atom. The first-order valence-electron chi connectivity index (χ1n) is 7.22. The summed E-state index contributed by atoms with van der Waals surface area (Å²) in [6.07, 6.45) is 1.51. The second-order valence-corrected chi connectivity index (χ2v) is 6.37. The summed E-state index contributed by atoms with van der Waals surface area (Å²) in [6.45, 7) is 1.02. The number of halogens is 1. The Morgan fingerprint density at radius 2 is 1.95 bits per heavy atom. The zero-order chi connectivity index (χ0) is 15.6. The lowest BCUT2D eigenvalue weighted by Gasteiger charge is -2.38. The fourth-order valence-electron chi connectivity index (χ4n) is 2.77. The molecule has 0 aliphatic carbocycles. The van der Waals surface area contributed by atoms with E-state index in [9.17, 15) is 14.3 Å². The van der Waals surface area contributed by atoms with E-state index < -0.39 is 5.60 Å². The van der Waals surface area contributed by atoms with Gasteiger partial charge in [-0.25, -0.2) is 4.39 Å². The molecular weight excluding hydrogens is 303 g/mol. The standard InChI is InChI=1S/C16H17FN2O2S/c17-13-3-1-12(2-4-13)11-16(21)6-8-19(9-7-16)15(20)14-5-10-22-18-14/h1-5,10,21H,6-9,11H2. The summed E-state index contributed by atoms with van der Waals surface area (Å²) < 4.78 is 17.0. The van der Waals surface area contributed by atoms with Crippen LogP contribution in [-0.4, -0.2) is 39.0 Å². The van der Waals surface area contributed by atoms with Crippen LogP contribution in [0.3, 0.4) is 0 Å². The van der Waals surface area contributed by atoms with E-state index >= 15 is 0 Å². The molecule has 2 aromatic rings. The van der Waals surface area contributed by atoms with Crippen LogP contribution in [0.4, 0.5) is 4.39 Å². The summed E-state index contributed by atoms with van der Waals surface area (Å²) in [5, 5.41) is 12.5. The molecule has 6 heteroatoms. The van der Waals surface area contributed by atoms with Gasteiger partial charge in [0, 0.05) is 24.9 Å². The van der Waals surface area contributed by atoms with Crippen molar-refractivity contribution in [2.75, 3.05) is 13.1 Å². The minimum Gasteiger partial charge on any atom is -0.389 e. The number of benzene rings is 1. The Bertz CT molecular complexity index is 635. The highest BCUT2D eigenvalue weighted by Crippen LogP contribution is 2.27. The number of aromatic nitrogens is 1. The number of piperidine rings is 1. The zero-order valence-corrected chi connectivity index (χ0v) is 12.9. The van der Waals surface area contributed by atoms with Gasteiger partial charge < -0.3 is 10.0 Å². The molecule has 1 aliphatic rings. The molecule has 3 rings (SSSR count). The van der Waals surface area contributed by atoms with Crippen LogP contribution in [0.15, 0.2) is 35.7 Å². The van der Waals surface area contributed by atoms with Gasteiger partial charge in [-0.05, 0) is 48.1 Å². The Hall–Kier alpha value is -1.79. The average molecular weight is 320 g/mol. The largest absolute Gasteiger partial charge is 0.389 e. The maximum absolute atomic E-state index is 12.9. The molecule has 1 amide bonds. The van der Waals surface area contributed by atoms with E-state index in [4.69, 9.17) is 0 Å². The SMILES string of the molecule is O=C(c1ccsn1)N1CCC(O)(Cc2ccc(F)cc2)CC1. The molecule has 1 aliphatic heterocycles. The first kappa shape index (κ1) is 15.1. The van der Waals surface area contributed by atoms with Crippen LogP contribution in [-0.2, 0) is 6.42 Å². The maximum atomic E-state index is 12.9. The van der Waals surface area contributed by atoms with Gasteiger partial charge in [0.15, 0.2) is 0 Å². The van der Waals surface area contributed by atoms with Crippen molar-refractivity contribution >= 4 is 17.4 Å². The summed E-state index contributed by atoms with van der Waals surface area (Å²) in [5.41, 5.74) is 0.536. The quantitative estimate of drug-likeness (QED) is 0.945. The Kier molecular flexibility index (Phi) is 4.22. The maximum Gasteiger partial charge on any atom is 0.273 e. The number of nitrogens with zero attached hydrogens (tertiary/aromatic N) is 2. The van der Waals surface area contributed by atoms with E-state index in [0.717, 1.165) is 5.56 Å². The Balaban J connectivity index is 1.60. The van der Waals surface area contributed by atoms with E-state index in [1.807, 2.05) is 0 Å². The van der Waals surface area contributed by atoms with Gasteiger partial charge in [0.2, 0.25) is 0 Å². The highest BCUT2D eigenvalue weighted by Gasteiger charge is 2.34. The molecule has 0 unspecified atom stereocenters. The zero-order valence-electron chi connectivity index (χ0n) is 12.0. The summed E-state index contributed by atoms with van der Waals surface area (Å²) >= 11 is 1.26. The van der Waals surface area contributed by atoms with Crippen LogP contribution < -0.4 is 0 Å². The second-order valence-electron chi connectivity index (χ2n) is 5.70. The molecule has 4 nitrogen and oxygen atoms in total. The average Bonchev–Trinajstić information content (AvgIpc) is 3.04. The van der Waals surface area contributed by atoms with Crippen molar-refractivity contribution in [3.63, 3.8) is 0 Å². The van der Waals surface area contributed by atoms with Gasteiger partial charge in [0.1, 0.15) is 11.5 Å². The topological polar surface area (TPSA) is 53.4 Å². The third-order valence-electron chi connectivity index (χ3n) is 4.08. The molecule has 0 bridgehead atoms. The van der Waals surface area contributed by atoms with Crippen LogP contribution in [0, 0.1) is 5.82 Å². The molecule has 1 aromatic carbocycles. The smallest absolute Gasteiger partial charge is 0.273 e. The van der Waals surface area contributed by atoms with Gasteiger partial charge in [-0.1, -0.05) is 12.1 Å². The number of amides is 1. The van der Waals surface area contributed by atoms with E-state index in [-0.39, 0.29) is 11.7 Å². The van der Waals surface area contributed by atoms with Crippen LogP contribution in [0.2, 0.25) is 0 Å². The van der Waals surface area contributed by atoms with E-state index in [1.165, 1.54) is 23.7 Å². The van der Waals surface area contributed by atoms with Crippen molar-refractivity contribution in [2.24, 2.45) is 0 Å². The number of likely N-dealkylation sites (tertiary alicyclic amines) is 1. The molecule has 0 radical (unpaired) electrons. The molecule has 1 saturated heterocycles. The molecule has 22 heavy (non-hydrogen) atoms. The predicted molar refractivity (Wildman–Crippen MR) is 82.3 cm³/mol. The number of rotatable bonds is 3. The minimum absolute atomic E-state index is 0.0786. The van der Waals surface area contributed by atoms with Crippen molar-refractivity contribution < 1.29 is 14.3 Å². The molecule has 0 spiro atoms. The number of hydrogen-bond acceptors (Lipinski definition) is 4. The molecule has 0 atom stereocenters. The Morgan fingerprint density at radius 1 is 1.27 bits per heavy atom. The third-order valence-corrected chi connectivity index (χ3v) is 4.64. The van der Waals surface area contributed by atoms with Crippen molar-refractivity contribution in [3.05, 3.63) is 52.8 Å².